The van der Waals surface area contributed by atoms with Gasteiger partial charge in [-0.15, -0.1) is 0 Å². The highest BCUT2D eigenvalue weighted by atomic mass is 19.1. The lowest BCUT2D eigenvalue weighted by Crippen LogP contribution is -2.54. The van der Waals surface area contributed by atoms with Crippen LogP contribution >= 0.6 is 0 Å². The SMILES string of the molecule is COc1cc(N2CCN(C(=O)C3CC4(CCC4)C3)CC2)ccc1F. The van der Waals surface area contributed by atoms with Gasteiger partial charge in [0.2, 0.25) is 5.91 Å². The molecule has 24 heavy (non-hydrogen) atoms. The molecular formula is C19H25FN2O2. The van der Waals surface area contributed by atoms with E-state index >= 15 is 0 Å². The van der Waals surface area contributed by atoms with E-state index in [2.05, 4.69) is 4.90 Å². The molecule has 130 valence electrons. The highest BCUT2D eigenvalue weighted by molar-refractivity contribution is 5.80. The Hall–Kier alpha value is -1.78. The van der Waals surface area contributed by atoms with Gasteiger partial charge in [-0.25, -0.2) is 4.39 Å². The van der Waals surface area contributed by atoms with Crippen molar-refractivity contribution in [3.8, 4) is 5.75 Å². The Kier molecular flexibility index (Phi) is 3.89. The Labute approximate surface area is 142 Å². The molecule has 1 saturated heterocycles. The lowest BCUT2D eigenvalue weighted by molar-refractivity contribution is -0.148. The monoisotopic (exact) mass is 332 g/mol. The van der Waals surface area contributed by atoms with E-state index in [9.17, 15) is 9.18 Å². The van der Waals surface area contributed by atoms with Crippen LogP contribution in [0.1, 0.15) is 32.1 Å². The summed E-state index contributed by atoms with van der Waals surface area (Å²) < 4.78 is 18.6. The van der Waals surface area contributed by atoms with Gasteiger partial charge in [0, 0.05) is 43.9 Å². The average molecular weight is 332 g/mol. The molecule has 0 bridgehead atoms. The standard InChI is InChI=1S/C19H25FN2O2/c1-24-17-11-15(3-4-16(17)20)21-7-9-22(10-8-21)18(23)14-12-19(13-14)5-2-6-19/h3-4,11,14H,2,5-10,12-13H2,1H3. The maximum absolute atomic E-state index is 13.5. The molecule has 4 rings (SSSR count). The molecule has 2 aliphatic carbocycles. The van der Waals surface area contributed by atoms with Gasteiger partial charge in [0.25, 0.3) is 0 Å². The molecule has 3 fully saturated rings. The fourth-order valence-electron chi connectivity index (χ4n) is 4.53. The van der Waals surface area contributed by atoms with Gasteiger partial charge in [-0.3, -0.25) is 4.79 Å². The second-order valence-corrected chi connectivity index (χ2v) is 7.59. The predicted molar refractivity (Wildman–Crippen MR) is 90.8 cm³/mol. The molecule has 0 aromatic heterocycles. The molecule has 1 aromatic carbocycles. The van der Waals surface area contributed by atoms with Crippen molar-refractivity contribution in [2.24, 2.45) is 11.3 Å². The van der Waals surface area contributed by atoms with Gasteiger partial charge in [-0.2, -0.15) is 0 Å². The van der Waals surface area contributed by atoms with Crippen molar-refractivity contribution in [1.82, 2.24) is 4.90 Å². The van der Waals surface area contributed by atoms with Gasteiger partial charge in [0.1, 0.15) is 0 Å². The van der Waals surface area contributed by atoms with Crippen molar-refractivity contribution in [3.05, 3.63) is 24.0 Å². The van der Waals surface area contributed by atoms with Gasteiger partial charge in [0.05, 0.1) is 7.11 Å². The topological polar surface area (TPSA) is 32.8 Å². The van der Waals surface area contributed by atoms with Crippen LogP contribution in [-0.2, 0) is 4.79 Å². The number of ether oxygens (including phenoxy) is 1. The largest absolute Gasteiger partial charge is 0.494 e. The molecule has 1 spiro atoms. The quantitative estimate of drug-likeness (QED) is 0.853. The van der Waals surface area contributed by atoms with Crippen molar-refractivity contribution >= 4 is 11.6 Å². The van der Waals surface area contributed by atoms with Crippen molar-refractivity contribution in [3.63, 3.8) is 0 Å². The van der Waals surface area contributed by atoms with E-state index in [1.165, 1.54) is 32.4 Å². The van der Waals surface area contributed by atoms with Gasteiger partial charge < -0.3 is 14.5 Å². The zero-order chi connectivity index (χ0) is 16.7. The zero-order valence-electron chi connectivity index (χ0n) is 14.3. The van der Waals surface area contributed by atoms with Crippen LogP contribution in [-0.4, -0.2) is 44.1 Å². The van der Waals surface area contributed by atoms with Crippen LogP contribution < -0.4 is 9.64 Å². The third kappa shape index (κ3) is 2.64. The summed E-state index contributed by atoms with van der Waals surface area (Å²) in [5.41, 5.74) is 1.50. The number of rotatable bonds is 3. The van der Waals surface area contributed by atoms with Crippen LogP contribution in [0.3, 0.4) is 0 Å². The molecule has 0 unspecified atom stereocenters. The van der Waals surface area contributed by atoms with E-state index in [0.717, 1.165) is 44.7 Å². The summed E-state index contributed by atoms with van der Waals surface area (Å²) in [4.78, 5) is 16.8. The van der Waals surface area contributed by atoms with Crippen molar-refractivity contribution in [2.75, 3.05) is 38.2 Å². The first-order chi connectivity index (χ1) is 11.6. The number of halogens is 1. The molecule has 0 atom stereocenters. The second-order valence-electron chi connectivity index (χ2n) is 7.59. The number of benzene rings is 1. The number of nitrogens with zero attached hydrogens (tertiary/aromatic N) is 2. The van der Waals surface area contributed by atoms with Crippen molar-refractivity contribution in [1.29, 1.82) is 0 Å². The molecule has 3 aliphatic rings. The number of amides is 1. The minimum absolute atomic E-state index is 0.266. The van der Waals surface area contributed by atoms with Gasteiger partial charge in [-0.05, 0) is 43.2 Å². The number of carbonyl (C=O) groups excluding carboxylic acids is 1. The predicted octanol–water partition coefficient (Wildman–Crippen LogP) is 3.06. The van der Waals surface area contributed by atoms with Crippen molar-refractivity contribution < 1.29 is 13.9 Å². The van der Waals surface area contributed by atoms with Gasteiger partial charge in [-0.1, -0.05) is 6.42 Å². The Morgan fingerprint density at radius 3 is 2.50 bits per heavy atom. The Morgan fingerprint density at radius 2 is 1.92 bits per heavy atom. The molecule has 1 heterocycles. The van der Waals surface area contributed by atoms with E-state index in [4.69, 9.17) is 4.74 Å². The number of methoxy groups -OCH3 is 1. The summed E-state index contributed by atoms with van der Waals surface area (Å²) >= 11 is 0. The maximum Gasteiger partial charge on any atom is 0.225 e. The van der Waals surface area contributed by atoms with E-state index in [-0.39, 0.29) is 17.5 Å². The van der Waals surface area contributed by atoms with Crippen LogP contribution in [0.4, 0.5) is 10.1 Å². The van der Waals surface area contributed by atoms with E-state index in [0.29, 0.717) is 11.3 Å². The summed E-state index contributed by atoms with van der Waals surface area (Å²) in [5.74, 6) is 0.544. The summed E-state index contributed by atoms with van der Waals surface area (Å²) in [6, 6.07) is 4.96. The molecule has 0 N–H and O–H groups in total. The fourth-order valence-corrected chi connectivity index (χ4v) is 4.53. The number of piperazine rings is 1. The first kappa shape index (κ1) is 15.7. The number of hydrogen-bond acceptors (Lipinski definition) is 3. The minimum Gasteiger partial charge on any atom is -0.494 e. The summed E-state index contributed by atoms with van der Waals surface area (Å²) in [5, 5.41) is 0. The lowest BCUT2D eigenvalue weighted by atomic mass is 9.51. The first-order valence-corrected chi connectivity index (χ1v) is 8.98. The second kappa shape index (κ2) is 5.94. The minimum atomic E-state index is -0.343. The molecule has 5 heteroatoms. The van der Waals surface area contributed by atoms with Crippen LogP contribution in [0.2, 0.25) is 0 Å². The molecule has 1 aromatic rings. The Morgan fingerprint density at radius 1 is 1.21 bits per heavy atom. The smallest absolute Gasteiger partial charge is 0.225 e. The third-order valence-electron chi connectivity index (χ3n) is 6.21. The van der Waals surface area contributed by atoms with Crippen molar-refractivity contribution in [2.45, 2.75) is 32.1 Å². The highest BCUT2D eigenvalue weighted by Crippen LogP contribution is 2.59. The normalized spacial score (nSPS) is 22.9. The fraction of sp³-hybridized carbons (Fsp3) is 0.632. The number of hydrogen-bond donors (Lipinski definition) is 0. The van der Waals surface area contributed by atoms with E-state index in [1.54, 1.807) is 12.1 Å². The third-order valence-corrected chi connectivity index (χ3v) is 6.21. The summed E-state index contributed by atoms with van der Waals surface area (Å²) in [6.07, 6.45) is 6.23. The van der Waals surface area contributed by atoms with E-state index in [1.807, 2.05) is 4.90 Å². The van der Waals surface area contributed by atoms with Crippen LogP contribution in [0.25, 0.3) is 0 Å². The number of carbonyl (C=O) groups is 1. The van der Waals surface area contributed by atoms with Gasteiger partial charge in [0.15, 0.2) is 11.6 Å². The van der Waals surface area contributed by atoms with Crippen LogP contribution in [0.15, 0.2) is 18.2 Å². The van der Waals surface area contributed by atoms with Crippen LogP contribution in [0, 0.1) is 17.2 Å². The maximum atomic E-state index is 13.5. The lowest BCUT2D eigenvalue weighted by Gasteiger charge is -2.54. The Balaban J connectivity index is 1.32. The van der Waals surface area contributed by atoms with E-state index < -0.39 is 0 Å². The van der Waals surface area contributed by atoms with Gasteiger partial charge >= 0.3 is 0 Å². The summed E-state index contributed by atoms with van der Waals surface area (Å²) in [7, 11) is 1.48. The molecule has 2 saturated carbocycles. The molecule has 1 amide bonds. The molecule has 1 aliphatic heterocycles. The first-order valence-electron chi connectivity index (χ1n) is 8.98. The number of anilines is 1. The van der Waals surface area contributed by atoms with Crippen LogP contribution in [0.5, 0.6) is 5.75 Å². The Bertz CT molecular complexity index is 628. The molecule has 4 nitrogen and oxygen atoms in total. The molecule has 0 radical (unpaired) electrons. The summed E-state index contributed by atoms with van der Waals surface area (Å²) in [6.45, 7) is 3.08. The molecular weight excluding hydrogens is 307 g/mol. The highest BCUT2D eigenvalue weighted by Gasteiger charge is 2.51. The average Bonchev–Trinajstić information content (AvgIpc) is 2.53. The zero-order valence-corrected chi connectivity index (χ0v) is 14.3.